The Balaban J connectivity index is 1.17. The molecule has 0 unspecified atom stereocenters. The van der Waals surface area contributed by atoms with Crippen molar-refractivity contribution in [3.8, 4) is 0 Å². The maximum atomic E-state index is 11.5. The fourth-order valence-electron chi connectivity index (χ4n) is 7.50. The SMILES string of the molecule is OC[C@H]1O[C@@H](O[C@@H]2[C@@H](O)[C@H](O[C@@H]3[C@@H](O)[C@H](O[C@@H]4[C@@H](O)[C@H](O[C@@H]5[C@@H](O)[C@H](OC[C@H]6CO6)O[C@H](CO)[C@H]5O)O[C@H](CO)[C@H]4O)O[C@H](CO)[C@H]3O)O[C@H](CO)[C@H]2O)[C@H](O)[C@@H](O)[C@@H]1O. The molecule has 6 saturated heterocycles. The standard InChI is InChI=1S/C33H56O27/c34-1-9-14(39)19(44)20(45)30(53-9)57-26-16(41)11(3-36)55-32(22(26)47)59-28-18(43)13(5-38)56-33(24(28)49)60-27-17(42)12(4-37)54-31(23(27)48)58-25-15(40)10(2-35)52-29(21(25)46)51-7-8-6-50-8/h8-49H,1-7H2/t8-,9-,10-,11-,12-,13-,14-,15-,16-,17-,18-,19+,20-,21-,22-,23-,24-,25+,26+,27+,28+,29-,30+,31+,32+,33+/m1/s1. The van der Waals surface area contributed by atoms with Crippen molar-refractivity contribution in [3.05, 3.63) is 0 Å². The molecule has 6 aliphatic rings. The second-order valence-electron chi connectivity index (χ2n) is 15.2. The van der Waals surface area contributed by atoms with Crippen molar-refractivity contribution in [3.63, 3.8) is 0 Å². The largest absolute Gasteiger partial charge is 0.394 e. The third-order valence-corrected chi connectivity index (χ3v) is 11.1. The van der Waals surface area contributed by atoms with Crippen LogP contribution in [0.25, 0.3) is 0 Å². The van der Waals surface area contributed by atoms with Crippen molar-refractivity contribution in [2.24, 2.45) is 0 Å². The van der Waals surface area contributed by atoms with Crippen molar-refractivity contribution in [2.75, 3.05) is 46.2 Å². The Kier molecular flexibility index (Phi) is 16.8. The van der Waals surface area contributed by atoms with E-state index < -0.39 is 187 Å². The number of epoxide rings is 1. The molecule has 60 heavy (non-hydrogen) atoms. The fraction of sp³-hybridized carbons (Fsp3) is 1.00. The molecule has 26 atom stereocenters. The van der Waals surface area contributed by atoms with E-state index in [1.807, 2.05) is 0 Å². The van der Waals surface area contributed by atoms with Crippen LogP contribution in [0.2, 0.25) is 0 Å². The van der Waals surface area contributed by atoms with E-state index in [-0.39, 0.29) is 12.7 Å². The highest BCUT2D eigenvalue weighted by Crippen LogP contribution is 2.36. The minimum atomic E-state index is -2.17. The summed E-state index contributed by atoms with van der Waals surface area (Å²) < 4.78 is 60.7. The molecule has 0 aliphatic carbocycles. The number of aliphatic hydroxyl groups excluding tert-OH is 16. The number of ether oxygens (including phenoxy) is 11. The zero-order valence-electron chi connectivity index (χ0n) is 31.6. The first kappa shape index (κ1) is 48.4. The van der Waals surface area contributed by atoms with E-state index in [1.54, 1.807) is 0 Å². The van der Waals surface area contributed by atoms with Crippen LogP contribution in [0.4, 0.5) is 0 Å². The van der Waals surface area contributed by atoms with Gasteiger partial charge in [-0.25, -0.2) is 0 Å². The Hall–Kier alpha value is -1.08. The molecule has 350 valence electrons. The normalized spacial score (nSPS) is 52.6. The molecule has 0 aromatic rings. The van der Waals surface area contributed by atoms with Gasteiger partial charge in [-0.1, -0.05) is 0 Å². The van der Waals surface area contributed by atoms with E-state index in [9.17, 15) is 81.7 Å². The second-order valence-corrected chi connectivity index (χ2v) is 15.2. The molecule has 16 N–H and O–H groups in total. The predicted octanol–water partition coefficient (Wildman–Crippen LogP) is -11.5. The number of aliphatic hydroxyl groups is 16. The van der Waals surface area contributed by atoms with Gasteiger partial charge in [-0.3, -0.25) is 0 Å². The lowest BCUT2D eigenvalue weighted by atomic mass is 9.95. The van der Waals surface area contributed by atoms with E-state index >= 15 is 0 Å². The minimum Gasteiger partial charge on any atom is -0.394 e. The summed E-state index contributed by atoms with van der Waals surface area (Å²) in [7, 11) is 0. The summed E-state index contributed by atoms with van der Waals surface area (Å²) in [5, 5.41) is 169. The third-order valence-electron chi connectivity index (χ3n) is 11.1. The summed E-state index contributed by atoms with van der Waals surface area (Å²) in [5.41, 5.74) is 0. The van der Waals surface area contributed by atoms with Crippen LogP contribution in [-0.4, -0.2) is 288 Å². The van der Waals surface area contributed by atoms with Crippen LogP contribution < -0.4 is 0 Å². The molecule has 0 radical (unpaired) electrons. The topological polar surface area (TPSA) is 429 Å². The molecule has 0 bridgehead atoms. The maximum Gasteiger partial charge on any atom is 0.187 e. The Morgan fingerprint density at radius 3 is 0.900 bits per heavy atom. The zero-order chi connectivity index (χ0) is 43.7. The van der Waals surface area contributed by atoms with Gasteiger partial charge in [0.15, 0.2) is 31.5 Å². The first-order valence-electron chi connectivity index (χ1n) is 19.2. The molecule has 6 fully saturated rings. The van der Waals surface area contributed by atoms with Gasteiger partial charge in [-0.2, -0.15) is 0 Å². The highest BCUT2D eigenvalue weighted by Gasteiger charge is 2.57. The number of hydrogen-bond donors (Lipinski definition) is 16. The average Bonchev–Trinajstić information content (AvgIpc) is 4.07. The number of rotatable bonds is 16. The van der Waals surface area contributed by atoms with Crippen molar-refractivity contribution in [1.29, 1.82) is 0 Å². The molecule has 27 heteroatoms. The van der Waals surface area contributed by atoms with Crippen LogP contribution in [0.1, 0.15) is 0 Å². The Bertz CT molecular complexity index is 1320. The monoisotopic (exact) mass is 884 g/mol. The summed E-state index contributed by atoms with van der Waals surface area (Å²) in [5.74, 6) is 0. The van der Waals surface area contributed by atoms with Gasteiger partial charge in [0.05, 0.1) is 46.2 Å². The van der Waals surface area contributed by atoms with Gasteiger partial charge in [0.1, 0.15) is 128 Å². The van der Waals surface area contributed by atoms with Crippen LogP contribution in [0.3, 0.4) is 0 Å². The van der Waals surface area contributed by atoms with Crippen molar-refractivity contribution >= 4 is 0 Å². The quantitative estimate of drug-likeness (QED) is 0.0640. The van der Waals surface area contributed by atoms with Gasteiger partial charge in [-0.05, 0) is 0 Å². The van der Waals surface area contributed by atoms with Crippen LogP contribution in [0.5, 0.6) is 0 Å². The Morgan fingerprint density at radius 1 is 0.333 bits per heavy atom. The van der Waals surface area contributed by atoms with E-state index in [2.05, 4.69) is 0 Å². The van der Waals surface area contributed by atoms with E-state index in [1.165, 1.54) is 0 Å². The molecule has 0 aromatic carbocycles. The molecule has 6 aliphatic heterocycles. The molecule has 27 nitrogen and oxygen atoms in total. The van der Waals surface area contributed by atoms with Gasteiger partial charge in [0, 0.05) is 0 Å². The van der Waals surface area contributed by atoms with Crippen molar-refractivity contribution in [2.45, 2.75) is 160 Å². The highest BCUT2D eigenvalue weighted by atomic mass is 16.8. The molecule has 0 spiro atoms. The van der Waals surface area contributed by atoms with Gasteiger partial charge in [0.2, 0.25) is 0 Å². The summed E-state index contributed by atoms with van der Waals surface area (Å²) >= 11 is 0. The molecular weight excluding hydrogens is 828 g/mol. The van der Waals surface area contributed by atoms with Crippen molar-refractivity contribution < 1.29 is 134 Å². The zero-order valence-corrected chi connectivity index (χ0v) is 31.6. The Morgan fingerprint density at radius 2 is 0.600 bits per heavy atom. The maximum absolute atomic E-state index is 11.5. The summed E-state index contributed by atoms with van der Waals surface area (Å²) in [6, 6.07) is 0. The fourth-order valence-corrected chi connectivity index (χ4v) is 7.50. The smallest absolute Gasteiger partial charge is 0.187 e. The lowest BCUT2D eigenvalue weighted by Gasteiger charge is -2.49. The molecule has 0 amide bonds. The van der Waals surface area contributed by atoms with Crippen LogP contribution >= 0.6 is 0 Å². The van der Waals surface area contributed by atoms with Gasteiger partial charge < -0.3 is 134 Å². The summed E-state index contributed by atoms with van der Waals surface area (Å²) in [4.78, 5) is 0. The van der Waals surface area contributed by atoms with Gasteiger partial charge in [-0.15, -0.1) is 0 Å². The van der Waals surface area contributed by atoms with Crippen molar-refractivity contribution in [1.82, 2.24) is 0 Å². The highest BCUT2D eigenvalue weighted by molar-refractivity contribution is 4.99. The van der Waals surface area contributed by atoms with E-state index in [0.29, 0.717) is 6.61 Å². The summed E-state index contributed by atoms with van der Waals surface area (Å²) in [6.07, 6.45) is -46.3. The lowest BCUT2D eigenvalue weighted by Crippen LogP contribution is -2.68. The van der Waals surface area contributed by atoms with Crippen LogP contribution in [-0.2, 0) is 52.1 Å². The molecule has 0 saturated carbocycles. The van der Waals surface area contributed by atoms with Gasteiger partial charge >= 0.3 is 0 Å². The van der Waals surface area contributed by atoms with E-state index in [0.717, 1.165) is 0 Å². The average molecular weight is 885 g/mol. The minimum absolute atomic E-state index is 0.0236. The number of hydrogen-bond acceptors (Lipinski definition) is 27. The Labute approximate surface area is 339 Å². The second kappa shape index (κ2) is 20.8. The lowest BCUT2D eigenvalue weighted by molar-refractivity contribution is -0.395. The van der Waals surface area contributed by atoms with E-state index in [4.69, 9.17) is 52.1 Å². The first-order chi connectivity index (χ1) is 28.6. The predicted molar refractivity (Wildman–Crippen MR) is 180 cm³/mol. The summed E-state index contributed by atoms with van der Waals surface area (Å²) in [6.45, 7) is -4.11. The first-order valence-corrected chi connectivity index (χ1v) is 19.2. The third kappa shape index (κ3) is 10.1. The molecule has 6 heterocycles. The molecule has 0 aromatic heterocycles. The van der Waals surface area contributed by atoms with Crippen LogP contribution in [0, 0.1) is 0 Å². The molecular formula is C33H56O27. The van der Waals surface area contributed by atoms with Crippen LogP contribution in [0.15, 0.2) is 0 Å². The molecule has 6 rings (SSSR count). The van der Waals surface area contributed by atoms with Gasteiger partial charge in [0.25, 0.3) is 0 Å².